The molecule has 2 aliphatic rings. The van der Waals surface area contributed by atoms with Gasteiger partial charge in [0.05, 0.1) is 25.6 Å². The lowest BCUT2D eigenvalue weighted by atomic mass is 9.85. The van der Waals surface area contributed by atoms with Crippen molar-refractivity contribution in [1.29, 1.82) is 0 Å². The molecule has 1 aromatic heterocycles. The number of benzene rings is 3. The van der Waals surface area contributed by atoms with Crippen LogP contribution in [-0.4, -0.2) is 52.9 Å². The third kappa shape index (κ3) is 7.14. The fraction of sp³-hybridized carbons (Fsp3) is 0.395. The van der Waals surface area contributed by atoms with Gasteiger partial charge < -0.3 is 19.7 Å². The average Bonchev–Trinajstić information content (AvgIpc) is 3.59. The van der Waals surface area contributed by atoms with Crippen molar-refractivity contribution in [2.75, 3.05) is 24.9 Å². The number of amides is 3. The smallest absolute Gasteiger partial charge is 0.324 e. The van der Waals surface area contributed by atoms with E-state index >= 15 is 0 Å². The molecule has 246 valence electrons. The summed E-state index contributed by atoms with van der Waals surface area (Å²) in [7, 11) is 3.19. The van der Waals surface area contributed by atoms with Gasteiger partial charge in [-0.25, -0.2) is 9.48 Å². The number of fused-ring (bicyclic) bond motifs is 2. The van der Waals surface area contributed by atoms with Gasteiger partial charge in [-0.3, -0.25) is 10.1 Å². The van der Waals surface area contributed by atoms with Gasteiger partial charge in [0, 0.05) is 40.9 Å². The second-order valence-electron chi connectivity index (χ2n) is 13.9. The van der Waals surface area contributed by atoms with Crippen molar-refractivity contribution in [3.05, 3.63) is 95.2 Å². The molecule has 47 heavy (non-hydrogen) atoms. The van der Waals surface area contributed by atoms with Crippen LogP contribution in [0.3, 0.4) is 0 Å². The van der Waals surface area contributed by atoms with E-state index in [-0.39, 0.29) is 29.4 Å². The van der Waals surface area contributed by atoms with Gasteiger partial charge in [0.15, 0.2) is 0 Å². The summed E-state index contributed by atoms with van der Waals surface area (Å²) in [6.07, 6.45) is 4.85. The van der Waals surface area contributed by atoms with Crippen LogP contribution in [0.2, 0.25) is 0 Å². The van der Waals surface area contributed by atoms with E-state index in [1.54, 1.807) is 37.1 Å². The zero-order valence-electron chi connectivity index (χ0n) is 28.2. The number of nitrogens with one attached hydrogen (secondary N) is 2. The van der Waals surface area contributed by atoms with E-state index in [1.807, 2.05) is 49.4 Å². The van der Waals surface area contributed by atoms with Crippen molar-refractivity contribution in [3.8, 4) is 17.2 Å². The molecule has 0 spiro atoms. The first kappa shape index (κ1) is 32.2. The van der Waals surface area contributed by atoms with E-state index in [2.05, 4.69) is 48.4 Å². The lowest BCUT2D eigenvalue weighted by Gasteiger charge is -2.39. The zero-order valence-corrected chi connectivity index (χ0v) is 28.2. The normalized spacial score (nSPS) is 18.9. The van der Waals surface area contributed by atoms with Crippen LogP contribution in [-0.2, 0) is 11.8 Å². The average molecular weight is 636 g/mol. The van der Waals surface area contributed by atoms with E-state index in [0.717, 1.165) is 54.7 Å². The fourth-order valence-electron chi connectivity index (χ4n) is 6.98. The topological polar surface area (TPSA) is 97.7 Å². The van der Waals surface area contributed by atoms with Gasteiger partial charge in [-0.15, -0.1) is 0 Å². The summed E-state index contributed by atoms with van der Waals surface area (Å²) in [5.74, 6) is 2.34. The van der Waals surface area contributed by atoms with E-state index in [1.165, 1.54) is 5.56 Å². The number of hydrogen-bond acceptors (Lipinski definition) is 5. The highest BCUT2D eigenvalue weighted by atomic mass is 16.5. The number of carbonyl (C=O) groups excluding carboxylic acids is 2. The van der Waals surface area contributed by atoms with Gasteiger partial charge in [-0.2, -0.15) is 5.10 Å². The Labute approximate surface area is 277 Å². The minimum Gasteiger partial charge on any atom is -0.497 e. The molecule has 9 nitrogen and oxygen atoms in total. The molecule has 3 heterocycles. The van der Waals surface area contributed by atoms with Gasteiger partial charge in [0.2, 0.25) is 0 Å². The molecule has 0 aliphatic carbocycles. The molecule has 2 aliphatic heterocycles. The van der Waals surface area contributed by atoms with Gasteiger partial charge in [0.1, 0.15) is 17.3 Å². The highest BCUT2D eigenvalue weighted by Gasteiger charge is 2.43. The molecule has 0 saturated carbocycles. The lowest BCUT2D eigenvalue weighted by Crippen LogP contribution is -2.46. The molecule has 2 unspecified atom stereocenters. The van der Waals surface area contributed by atoms with Gasteiger partial charge in [0.25, 0.3) is 5.91 Å². The molecule has 3 amide bonds. The molecule has 2 atom stereocenters. The molecule has 4 aromatic rings. The monoisotopic (exact) mass is 635 g/mol. The number of carbonyl (C=O) groups is 2. The Morgan fingerprint density at radius 1 is 0.872 bits per heavy atom. The molecule has 9 heteroatoms. The zero-order chi connectivity index (χ0) is 33.3. The van der Waals surface area contributed by atoms with E-state index in [0.29, 0.717) is 28.8 Å². The third-order valence-electron chi connectivity index (χ3n) is 9.37. The number of ether oxygens (including phenoxy) is 2. The summed E-state index contributed by atoms with van der Waals surface area (Å²) >= 11 is 0. The highest BCUT2D eigenvalue weighted by Crippen LogP contribution is 2.41. The Hall–Kier alpha value is -4.79. The summed E-state index contributed by atoms with van der Waals surface area (Å²) in [5, 5.41) is 10.9. The second-order valence-corrected chi connectivity index (χ2v) is 13.9. The maximum absolute atomic E-state index is 13.7. The van der Waals surface area contributed by atoms with Crippen molar-refractivity contribution < 1.29 is 19.1 Å². The molecule has 3 aromatic carbocycles. The molecule has 2 saturated heterocycles. The third-order valence-corrected chi connectivity index (χ3v) is 9.37. The minimum absolute atomic E-state index is 0.0451. The van der Waals surface area contributed by atoms with Crippen LogP contribution in [0.15, 0.2) is 72.8 Å². The van der Waals surface area contributed by atoms with E-state index in [4.69, 9.17) is 14.6 Å². The quantitative estimate of drug-likeness (QED) is 0.206. The van der Waals surface area contributed by atoms with Crippen LogP contribution in [0, 0.1) is 12.8 Å². The number of methoxy groups -OCH3 is 2. The molecule has 2 N–H and O–H groups in total. The summed E-state index contributed by atoms with van der Waals surface area (Å²) in [6.45, 7) is 8.37. The van der Waals surface area contributed by atoms with Crippen LogP contribution in [0.5, 0.6) is 11.5 Å². The highest BCUT2D eigenvalue weighted by molar-refractivity contribution is 5.99. The van der Waals surface area contributed by atoms with Crippen molar-refractivity contribution in [3.63, 3.8) is 0 Å². The SMILES string of the molecule is COc1cc(OC)cc(C(=O)N2C3CCC2CC(Cc2cccc(NC(=O)Nc4cc(C(C)(C)C)nn4-c4ccc(C)cc4)c2)C3)c1. The number of anilines is 2. The number of aromatic nitrogens is 2. The molecule has 2 fully saturated rings. The number of urea groups is 1. The maximum atomic E-state index is 13.7. The first-order valence-electron chi connectivity index (χ1n) is 16.4. The number of piperidine rings is 1. The first-order valence-corrected chi connectivity index (χ1v) is 16.4. The van der Waals surface area contributed by atoms with Gasteiger partial charge in [-0.1, -0.05) is 50.6 Å². The largest absolute Gasteiger partial charge is 0.497 e. The van der Waals surface area contributed by atoms with Crippen LogP contribution >= 0.6 is 0 Å². The number of hydrogen-bond donors (Lipinski definition) is 2. The molecule has 2 bridgehead atoms. The maximum Gasteiger partial charge on any atom is 0.324 e. The Morgan fingerprint density at radius 3 is 2.15 bits per heavy atom. The van der Waals surface area contributed by atoms with Crippen LogP contribution in [0.1, 0.15) is 73.6 Å². The van der Waals surface area contributed by atoms with Crippen molar-refractivity contribution in [2.24, 2.45) is 5.92 Å². The van der Waals surface area contributed by atoms with Gasteiger partial charge in [-0.05, 0) is 86.9 Å². The fourth-order valence-corrected chi connectivity index (χ4v) is 6.98. The molecule has 0 radical (unpaired) electrons. The predicted molar refractivity (Wildman–Crippen MR) is 185 cm³/mol. The Kier molecular flexibility index (Phi) is 8.99. The van der Waals surface area contributed by atoms with Crippen molar-refractivity contribution in [1.82, 2.24) is 14.7 Å². The first-order chi connectivity index (χ1) is 22.5. The van der Waals surface area contributed by atoms with Crippen LogP contribution in [0.25, 0.3) is 5.69 Å². The summed E-state index contributed by atoms with van der Waals surface area (Å²) < 4.78 is 12.6. The molecular weight excluding hydrogens is 590 g/mol. The van der Waals surface area contributed by atoms with Crippen molar-refractivity contribution in [2.45, 2.75) is 77.3 Å². The summed E-state index contributed by atoms with van der Waals surface area (Å²) in [6, 6.07) is 23.6. The van der Waals surface area contributed by atoms with E-state index < -0.39 is 0 Å². The standard InChI is InChI=1S/C38H45N5O4/c1-24-10-12-29(13-11-24)43-35(23-34(41-43)38(2,3)4)40-37(45)39-28-9-7-8-25(17-28)16-26-18-30-14-15-31(19-26)42(30)36(44)27-20-32(46-5)22-33(21-27)47-6/h7-13,17,20-23,26,30-31H,14-16,18-19H2,1-6H3,(H2,39,40,45). The molecular formula is C38H45N5O4. The Morgan fingerprint density at radius 2 is 1.53 bits per heavy atom. The predicted octanol–water partition coefficient (Wildman–Crippen LogP) is 7.77. The number of nitrogens with zero attached hydrogens (tertiary/aromatic N) is 3. The lowest BCUT2D eigenvalue weighted by molar-refractivity contribution is 0.0524. The number of aryl methyl sites for hydroxylation is 1. The number of rotatable bonds is 8. The second kappa shape index (κ2) is 13.1. The van der Waals surface area contributed by atoms with Gasteiger partial charge >= 0.3 is 6.03 Å². The Balaban J connectivity index is 1.11. The van der Waals surface area contributed by atoms with Crippen LogP contribution < -0.4 is 20.1 Å². The van der Waals surface area contributed by atoms with Crippen molar-refractivity contribution >= 4 is 23.4 Å². The molecule has 6 rings (SSSR count). The Bertz CT molecular complexity index is 1720. The van der Waals surface area contributed by atoms with E-state index in [9.17, 15) is 9.59 Å². The minimum atomic E-state index is -0.324. The van der Waals surface area contributed by atoms with Crippen LogP contribution in [0.4, 0.5) is 16.3 Å². The summed E-state index contributed by atoms with van der Waals surface area (Å²) in [5.41, 5.74) is 5.26. The summed E-state index contributed by atoms with van der Waals surface area (Å²) in [4.78, 5) is 29.0.